The number of hydrogen-bond acceptors (Lipinski definition) is 4. The SMILES string of the molecule is CCOc1cccc(C)c1OS(=O)(=O)C(F)(F)F. The van der Waals surface area contributed by atoms with Crippen LogP contribution in [-0.4, -0.2) is 20.5 Å². The van der Waals surface area contributed by atoms with Gasteiger partial charge in [0.05, 0.1) is 6.61 Å². The van der Waals surface area contributed by atoms with Gasteiger partial charge in [0.25, 0.3) is 0 Å². The Balaban J connectivity index is 3.19. The van der Waals surface area contributed by atoms with Gasteiger partial charge in [0, 0.05) is 0 Å². The number of hydrogen-bond donors (Lipinski definition) is 0. The van der Waals surface area contributed by atoms with Crippen LogP contribution in [0.4, 0.5) is 13.2 Å². The van der Waals surface area contributed by atoms with Gasteiger partial charge in [0.2, 0.25) is 0 Å². The predicted molar refractivity (Wildman–Crippen MR) is 58.0 cm³/mol. The fraction of sp³-hybridized carbons (Fsp3) is 0.400. The molecule has 4 nitrogen and oxygen atoms in total. The number of alkyl halides is 3. The average Bonchev–Trinajstić information content (AvgIpc) is 2.22. The summed E-state index contributed by atoms with van der Waals surface area (Å²) < 4.78 is 67.6. The number of aryl methyl sites for hydroxylation is 1. The topological polar surface area (TPSA) is 52.6 Å². The Labute approximate surface area is 102 Å². The van der Waals surface area contributed by atoms with Crippen molar-refractivity contribution in [2.75, 3.05) is 6.61 Å². The third kappa shape index (κ3) is 3.06. The third-order valence-electron chi connectivity index (χ3n) is 1.95. The van der Waals surface area contributed by atoms with E-state index in [1.165, 1.54) is 25.1 Å². The molecule has 0 spiro atoms. The Hall–Kier alpha value is -1.44. The molecule has 0 radical (unpaired) electrons. The number of halogens is 3. The fourth-order valence-corrected chi connectivity index (χ4v) is 1.69. The molecule has 0 saturated carbocycles. The molecule has 102 valence electrons. The summed E-state index contributed by atoms with van der Waals surface area (Å²) in [7, 11) is -5.69. The van der Waals surface area contributed by atoms with Crippen LogP contribution in [0.15, 0.2) is 18.2 Å². The highest BCUT2D eigenvalue weighted by atomic mass is 32.2. The largest absolute Gasteiger partial charge is 0.534 e. The molecular weight excluding hydrogens is 273 g/mol. The van der Waals surface area contributed by atoms with Crippen molar-refractivity contribution in [3.05, 3.63) is 23.8 Å². The van der Waals surface area contributed by atoms with Gasteiger partial charge < -0.3 is 8.92 Å². The molecule has 18 heavy (non-hydrogen) atoms. The highest BCUT2D eigenvalue weighted by Crippen LogP contribution is 2.35. The quantitative estimate of drug-likeness (QED) is 0.630. The predicted octanol–water partition coefficient (Wildman–Crippen LogP) is 2.62. The van der Waals surface area contributed by atoms with Crippen LogP contribution >= 0.6 is 0 Å². The highest BCUT2D eigenvalue weighted by molar-refractivity contribution is 7.88. The van der Waals surface area contributed by atoms with E-state index in [1.807, 2.05) is 0 Å². The van der Waals surface area contributed by atoms with Gasteiger partial charge in [-0.1, -0.05) is 12.1 Å². The van der Waals surface area contributed by atoms with Crippen LogP contribution in [0, 0.1) is 6.92 Å². The number of para-hydroxylation sites is 1. The molecule has 0 atom stereocenters. The van der Waals surface area contributed by atoms with Gasteiger partial charge in [-0.2, -0.15) is 21.6 Å². The lowest BCUT2D eigenvalue weighted by molar-refractivity contribution is -0.0500. The smallest absolute Gasteiger partial charge is 0.490 e. The van der Waals surface area contributed by atoms with Gasteiger partial charge in [0.1, 0.15) is 0 Å². The molecule has 0 heterocycles. The molecule has 0 unspecified atom stereocenters. The van der Waals surface area contributed by atoms with Crippen molar-refractivity contribution in [2.24, 2.45) is 0 Å². The molecule has 0 aliphatic carbocycles. The monoisotopic (exact) mass is 284 g/mol. The molecule has 0 saturated heterocycles. The Kier molecular flexibility index (Phi) is 4.10. The summed E-state index contributed by atoms with van der Waals surface area (Å²) in [6.07, 6.45) is 0. The lowest BCUT2D eigenvalue weighted by Crippen LogP contribution is -2.28. The lowest BCUT2D eigenvalue weighted by atomic mass is 10.2. The molecule has 1 aromatic rings. The first-order valence-corrected chi connectivity index (χ1v) is 6.33. The summed E-state index contributed by atoms with van der Waals surface area (Å²) in [5, 5.41) is 0. The molecule has 0 aliphatic rings. The Morgan fingerprint density at radius 2 is 1.89 bits per heavy atom. The van der Waals surface area contributed by atoms with E-state index in [2.05, 4.69) is 4.18 Å². The first kappa shape index (κ1) is 14.6. The molecule has 0 fully saturated rings. The van der Waals surface area contributed by atoms with E-state index in [0.717, 1.165) is 0 Å². The number of benzene rings is 1. The Morgan fingerprint density at radius 1 is 1.28 bits per heavy atom. The van der Waals surface area contributed by atoms with Gasteiger partial charge in [0.15, 0.2) is 11.5 Å². The molecule has 8 heteroatoms. The summed E-state index contributed by atoms with van der Waals surface area (Å²) in [5.74, 6) is -0.498. The van der Waals surface area contributed by atoms with Crippen LogP contribution in [0.1, 0.15) is 12.5 Å². The molecular formula is C10H11F3O4S. The van der Waals surface area contributed by atoms with Crippen molar-refractivity contribution in [3.63, 3.8) is 0 Å². The van der Waals surface area contributed by atoms with E-state index in [4.69, 9.17) is 4.74 Å². The molecule has 1 aromatic carbocycles. The van der Waals surface area contributed by atoms with E-state index in [9.17, 15) is 21.6 Å². The van der Waals surface area contributed by atoms with Crippen molar-refractivity contribution in [3.8, 4) is 11.5 Å². The maximum atomic E-state index is 12.2. The molecule has 1 rings (SSSR count). The zero-order valence-electron chi connectivity index (χ0n) is 9.61. The minimum Gasteiger partial charge on any atom is -0.490 e. The summed E-state index contributed by atoms with van der Waals surface area (Å²) in [6.45, 7) is 3.21. The van der Waals surface area contributed by atoms with E-state index in [0.29, 0.717) is 0 Å². The van der Waals surface area contributed by atoms with E-state index in [-0.39, 0.29) is 17.9 Å². The number of ether oxygens (including phenoxy) is 1. The summed E-state index contributed by atoms with van der Waals surface area (Å²) >= 11 is 0. The molecule has 0 bridgehead atoms. The van der Waals surface area contributed by atoms with Crippen molar-refractivity contribution in [1.82, 2.24) is 0 Å². The van der Waals surface area contributed by atoms with Gasteiger partial charge >= 0.3 is 15.6 Å². The van der Waals surface area contributed by atoms with Crippen LogP contribution in [0.5, 0.6) is 11.5 Å². The maximum absolute atomic E-state index is 12.2. The molecule has 0 amide bonds. The van der Waals surface area contributed by atoms with Crippen molar-refractivity contribution < 1.29 is 30.5 Å². The second kappa shape index (κ2) is 5.05. The van der Waals surface area contributed by atoms with Crippen molar-refractivity contribution in [1.29, 1.82) is 0 Å². The average molecular weight is 284 g/mol. The van der Waals surface area contributed by atoms with Crippen LogP contribution in [-0.2, 0) is 10.1 Å². The number of rotatable bonds is 4. The summed E-state index contributed by atoms with van der Waals surface area (Å²) in [5.41, 5.74) is -5.24. The van der Waals surface area contributed by atoms with Crippen LogP contribution in [0.25, 0.3) is 0 Å². The van der Waals surface area contributed by atoms with Gasteiger partial charge in [-0.3, -0.25) is 0 Å². The van der Waals surface area contributed by atoms with E-state index in [1.54, 1.807) is 6.92 Å². The minimum atomic E-state index is -5.69. The molecule has 0 aromatic heterocycles. The second-order valence-corrected chi connectivity index (χ2v) is 4.86. The van der Waals surface area contributed by atoms with Crippen LogP contribution < -0.4 is 8.92 Å². The summed E-state index contributed by atoms with van der Waals surface area (Å²) in [4.78, 5) is 0. The van der Waals surface area contributed by atoms with E-state index < -0.39 is 21.4 Å². The van der Waals surface area contributed by atoms with Gasteiger partial charge in [-0.05, 0) is 25.5 Å². The third-order valence-corrected chi connectivity index (χ3v) is 2.91. The lowest BCUT2D eigenvalue weighted by Gasteiger charge is -2.14. The first-order valence-electron chi connectivity index (χ1n) is 4.92. The van der Waals surface area contributed by atoms with Crippen molar-refractivity contribution in [2.45, 2.75) is 19.4 Å². The van der Waals surface area contributed by atoms with Crippen LogP contribution in [0.3, 0.4) is 0 Å². The molecule has 0 aliphatic heterocycles. The normalized spacial score (nSPS) is 12.3. The van der Waals surface area contributed by atoms with Crippen molar-refractivity contribution >= 4 is 10.1 Å². The molecule has 0 N–H and O–H groups in total. The first-order chi connectivity index (χ1) is 8.19. The Morgan fingerprint density at radius 3 is 2.39 bits per heavy atom. The highest BCUT2D eigenvalue weighted by Gasteiger charge is 2.49. The standard InChI is InChI=1S/C10H11F3O4S/c1-3-16-8-6-4-5-7(2)9(8)17-18(14,15)10(11,12)13/h4-6H,3H2,1-2H3. The van der Waals surface area contributed by atoms with E-state index >= 15 is 0 Å². The maximum Gasteiger partial charge on any atom is 0.534 e. The second-order valence-electron chi connectivity index (χ2n) is 3.32. The zero-order chi connectivity index (χ0) is 14.0. The van der Waals surface area contributed by atoms with Gasteiger partial charge in [-0.25, -0.2) is 0 Å². The summed E-state index contributed by atoms with van der Waals surface area (Å²) in [6, 6.07) is 4.27. The minimum absolute atomic E-state index is 0.0506. The zero-order valence-corrected chi connectivity index (χ0v) is 10.4. The van der Waals surface area contributed by atoms with Crippen LogP contribution in [0.2, 0.25) is 0 Å². The fourth-order valence-electron chi connectivity index (χ4n) is 1.16. The van der Waals surface area contributed by atoms with Gasteiger partial charge in [-0.15, -0.1) is 0 Å². The Bertz CT molecular complexity index is 522.